The molecule has 1 aromatic carbocycles. The van der Waals surface area contributed by atoms with Crippen molar-refractivity contribution in [3.8, 4) is 0 Å². The molecule has 5 heteroatoms. The number of carbonyl (C=O) groups is 2. The molecule has 0 spiro atoms. The molecule has 0 aliphatic rings. The maximum Gasteiger partial charge on any atom is 0.338 e. The highest BCUT2D eigenvalue weighted by Gasteiger charge is 2.22. The van der Waals surface area contributed by atoms with Crippen molar-refractivity contribution in [2.75, 3.05) is 0 Å². The number of carbonyl (C=O) groups excluding carboxylic acids is 1. The number of aryl methyl sites for hydroxylation is 1. The van der Waals surface area contributed by atoms with Gasteiger partial charge >= 0.3 is 5.97 Å². The number of amides is 1. The maximum atomic E-state index is 12.3. The molecule has 0 bridgehead atoms. The molecule has 1 atom stereocenters. The van der Waals surface area contributed by atoms with Gasteiger partial charge in [0.05, 0.1) is 11.6 Å². The summed E-state index contributed by atoms with van der Waals surface area (Å²) in [4.78, 5) is 23.1. The molecule has 0 aliphatic carbocycles. The molecule has 2 aromatic rings. The van der Waals surface area contributed by atoms with E-state index in [0.29, 0.717) is 0 Å². The van der Waals surface area contributed by atoms with Crippen LogP contribution in [0, 0.1) is 12.8 Å². The number of hydrogen-bond donors (Lipinski definition) is 2. The molecule has 116 valence electrons. The van der Waals surface area contributed by atoms with Gasteiger partial charge in [-0.2, -0.15) is 0 Å². The van der Waals surface area contributed by atoms with E-state index < -0.39 is 11.9 Å². The molecule has 1 unspecified atom stereocenters. The van der Waals surface area contributed by atoms with E-state index in [2.05, 4.69) is 5.32 Å². The first-order valence-corrected chi connectivity index (χ1v) is 7.08. The average molecular weight is 301 g/mol. The Morgan fingerprint density at radius 2 is 1.91 bits per heavy atom. The van der Waals surface area contributed by atoms with Gasteiger partial charge in [-0.1, -0.05) is 38.1 Å². The predicted molar refractivity (Wildman–Crippen MR) is 81.9 cm³/mol. The number of benzene rings is 1. The number of carboxylic acids is 1. The highest BCUT2D eigenvalue weighted by Crippen LogP contribution is 2.25. The molecular formula is C17H19NO4. The van der Waals surface area contributed by atoms with E-state index in [-0.39, 0.29) is 23.3 Å². The normalized spacial score (nSPS) is 12.2. The summed E-state index contributed by atoms with van der Waals surface area (Å²) in [6, 6.07) is 8.90. The summed E-state index contributed by atoms with van der Waals surface area (Å²) in [6.07, 6.45) is 1.06. The molecule has 0 aliphatic heterocycles. The molecule has 1 heterocycles. The lowest BCUT2D eigenvalue weighted by molar-refractivity contribution is 0.0695. The monoisotopic (exact) mass is 301 g/mol. The van der Waals surface area contributed by atoms with Gasteiger partial charge in [0, 0.05) is 6.07 Å². The van der Waals surface area contributed by atoms with Crippen LogP contribution in [0.3, 0.4) is 0 Å². The number of rotatable bonds is 5. The highest BCUT2D eigenvalue weighted by molar-refractivity contribution is 5.95. The van der Waals surface area contributed by atoms with Gasteiger partial charge < -0.3 is 14.8 Å². The molecule has 5 nitrogen and oxygen atoms in total. The minimum atomic E-state index is -1.12. The van der Waals surface area contributed by atoms with Crippen LogP contribution in [-0.4, -0.2) is 17.0 Å². The third-order valence-corrected chi connectivity index (χ3v) is 3.55. The fourth-order valence-electron chi connectivity index (χ4n) is 2.32. The molecule has 22 heavy (non-hydrogen) atoms. The van der Waals surface area contributed by atoms with E-state index in [1.54, 1.807) is 0 Å². The van der Waals surface area contributed by atoms with Crippen LogP contribution in [0.2, 0.25) is 0 Å². The van der Waals surface area contributed by atoms with E-state index in [4.69, 9.17) is 9.52 Å². The highest BCUT2D eigenvalue weighted by atomic mass is 16.4. The van der Waals surface area contributed by atoms with Crippen LogP contribution >= 0.6 is 0 Å². The van der Waals surface area contributed by atoms with Crippen molar-refractivity contribution < 1.29 is 19.1 Å². The third-order valence-electron chi connectivity index (χ3n) is 3.55. The first kappa shape index (κ1) is 15.8. The first-order valence-electron chi connectivity index (χ1n) is 7.08. The van der Waals surface area contributed by atoms with Gasteiger partial charge in [-0.05, 0) is 24.0 Å². The zero-order valence-corrected chi connectivity index (χ0v) is 12.8. The summed E-state index contributed by atoms with van der Waals surface area (Å²) in [5.74, 6) is -1.37. The SMILES string of the molecule is Cc1ccccc1C(NC(=O)c1cc(C(=O)O)co1)C(C)C. The van der Waals surface area contributed by atoms with Crippen LogP contribution in [-0.2, 0) is 0 Å². The second-order valence-electron chi connectivity index (χ2n) is 5.56. The minimum absolute atomic E-state index is 0.00312. The number of hydrogen-bond acceptors (Lipinski definition) is 3. The van der Waals surface area contributed by atoms with Crippen molar-refractivity contribution in [3.05, 3.63) is 59.0 Å². The van der Waals surface area contributed by atoms with Crippen molar-refractivity contribution in [1.29, 1.82) is 0 Å². The van der Waals surface area contributed by atoms with Crippen LogP contribution in [0.25, 0.3) is 0 Å². The summed E-state index contributed by atoms with van der Waals surface area (Å²) < 4.78 is 5.04. The average Bonchev–Trinajstić information content (AvgIpc) is 2.95. The van der Waals surface area contributed by atoms with Gasteiger partial charge in [0.2, 0.25) is 0 Å². The second-order valence-corrected chi connectivity index (χ2v) is 5.56. The summed E-state index contributed by atoms with van der Waals surface area (Å²) in [5.41, 5.74) is 2.09. The quantitative estimate of drug-likeness (QED) is 0.887. The first-order chi connectivity index (χ1) is 10.4. The van der Waals surface area contributed by atoms with Crippen molar-refractivity contribution in [1.82, 2.24) is 5.32 Å². The van der Waals surface area contributed by atoms with E-state index in [1.807, 2.05) is 45.0 Å². The lowest BCUT2D eigenvalue weighted by Crippen LogP contribution is -2.32. The predicted octanol–water partition coefficient (Wildman–Crippen LogP) is 3.41. The van der Waals surface area contributed by atoms with Crippen molar-refractivity contribution >= 4 is 11.9 Å². The lowest BCUT2D eigenvalue weighted by Gasteiger charge is -2.24. The third kappa shape index (κ3) is 3.36. The van der Waals surface area contributed by atoms with E-state index in [1.165, 1.54) is 6.07 Å². The van der Waals surface area contributed by atoms with Crippen LogP contribution in [0.5, 0.6) is 0 Å². The van der Waals surface area contributed by atoms with Crippen LogP contribution in [0.4, 0.5) is 0 Å². The zero-order valence-electron chi connectivity index (χ0n) is 12.8. The van der Waals surface area contributed by atoms with Gasteiger partial charge in [0.25, 0.3) is 5.91 Å². The fourth-order valence-corrected chi connectivity index (χ4v) is 2.32. The molecule has 2 N–H and O–H groups in total. The fraction of sp³-hybridized carbons (Fsp3) is 0.294. The molecule has 0 saturated heterocycles. The van der Waals surface area contributed by atoms with Gasteiger partial charge in [-0.15, -0.1) is 0 Å². The largest absolute Gasteiger partial charge is 0.478 e. The topological polar surface area (TPSA) is 79.5 Å². The van der Waals surface area contributed by atoms with Gasteiger partial charge in [-0.25, -0.2) is 4.79 Å². The van der Waals surface area contributed by atoms with E-state index >= 15 is 0 Å². The van der Waals surface area contributed by atoms with E-state index in [9.17, 15) is 9.59 Å². The number of furan rings is 1. The van der Waals surface area contributed by atoms with Crippen LogP contribution in [0.1, 0.15) is 51.9 Å². The summed E-state index contributed by atoms with van der Waals surface area (Å²) >= 11 is 0. The minimum Gasteiger partial charge on any atom is -0.478 e. The standard InChI is InChI=1S/C17H19NO4/c1-10(2)15(13-7-5-4-6-11(13)3)18-16(19)14-8-12(9-22-14)17(20)21/h4-10,15H,1-3H3,(H,18,19)(H,20,21). The summed E-state index contributed by atoms with van der Waals surface area (Å²) in [5, 5.41) is 11.8. The Bertz CT molecular complexity index is 687. The Labute approximate surface area is 129 Å². The zero-order chi connectivity index (χ0) is 16.3. The Balaban J connectivity index is 2.22. The molecule has 1 amide bonds. The Morgan fingerprint density at radius 3 is 2.45 bits per heavy atom. The maximum absolute atomic E-state index is 12.3. The van der Waals surface area contributed by atoms with Gasteiger partial charge in [0.15, 0.2) is 5.76 Å². The van der Waals surface area contributed by atoms with E-state index in [0.717, 1.165) is 17.4 Å². The Hall–Kier alpha value is -2.56. The molecule has 0 saturated carbocycles. The smallest absolute Gasteiger partial charge is 0.338 e. The molecule has 0 radical (unpaired) electrons. The van der Waals surface area contributed by atoms with Gasteiger partial charge in [0.1, 0.15) is 6.26 Å². The van der Waals surface area contributed by atoms with Crippen molar-refractivity contribution in [2.45, 2.75) is 26.8 Å². The Kier molecular flexibility index (Phi) is 4.65. The number of carboxylic acid groups (broad SMARTS) is 1. The van der Waals surface area contributed by atoms with Crippen molar-refractivity contribution in [2.24, 2.45) is 5.92 Å². The number of nitrogens with one attached hydrogen (secondary N) is 1. The second kappa shape index (κ2) is 6.47. The Morgan fingerprint density at radius 1 is 1.23 bits per heavy atom. The summed E-state index contributed by atoms with van der Waals surface area (Å²) in [6.45, 7) is 6.02. The van der Waals surface area contributed by atoms with Crippen molar-refractivity contribution in [3.63, 3.8) is 0 Å². The molecule has 2 rings (SSSR count). The lowest BCUT2D eigenvalue weighted by atomic mass is 9.92. The van der Waals surface area contributed by atoms with Crippen LogP contribution in [0.15, 0.2) is 41.0 Å². The molecule has 1 aromatic heterocycles. The van der Waals surface area contributed by atoms with Crippen LogP contribution < -0.4 is 5.32 Å². The van der Waals surface area contributed by atoms with Gasteiger partial charge in [-0.3, -0.25) is 4.79 Å². The number of aromatic carboxylic acids is 1. The molecule has 0 fully saturated rings. The summed E-state index contributed by atoms with van der Waals surface area (Å²) in [7, 11) is 0. The molecular weight excluding hydrogens is 282 g/mol.